The first-order chi connectivity index (χ1) is 10.0. The van der Waals surface area contributed by atoms with Crippen LogP contribution < -0.4 is 0 Å². The fourth-order valence-electron chi connectivity index (χ4n) is 2.79. The lowest BCUT2D eigenvalue weighted by molar-refractivity contribution is -0.138. The van der Waals surface area contributed by atoms with Gasteiger partial charge in [0.25, 0.3) is 5.91 Å². The molecule has 1 aromatic rings. The molecule has 2 heterocycles. The highest BCUT2D eigenvalue weighted by atomic mass is 16.4. The Labute approximate surface area is 124 Å². The van der Waals surface area contributed by atoms with E-state index in [0.29, 0.717) is 30.8 Å². The predicted octanol–water partition coefficient (Wildman–Crippen LogP) is 1.67. The number of aryl methyl sites for hydroxylation is 2. The van der Waals surface area contributed by atoms with E-state index < -0.39 is 5.97 Å². The molecular formula is C15H21N3O3. The number of aromatic nitrogens is 2. The van der Waals surface area contributed by atoms with Crippen LogP contribution in [0, 0.1) is 12.8 Å². The fraction of sp³-hybridized carbons (Fsp3) is 0.600. The van der Waals surface area contributed by atoms with E-state index in [0.717, 1.165) is 18.5 Å². The van der Waals surface area contributed by atoms with Crippen molar-refractivity contribution in [3.8, 4) is 0 Å². The zero-order valence-corrected chi connectivity index (χ0v) is 12.5. The lowest BCUT2D eigenvalue weighted by Crippen LogP contribution is -2.41. The molecule has 1 fully saturated rings. The molecule has 0 spiro atoms. The minimum Gasteiger partial charge on any atom is -0.481 e. The first-order valence-electron chi connectivity index (χ1n) is 7.35. The van der Waals surface area contributed by atoms with Crippen LogP contribution in [0.2, 0.25) is 0 Å². The molecule has 1 amide bonds. The molecule has 0 aromatic carbocycles. The number of carboxylic acids is 1. The number of nitrogens with zero attached hydrogens (tertiary/aromatic N) is 3. The van der Waals surface area contributed by atoms with Gasteiger partial charge in [0.1, 0.15) is 0 Å². The molecule has 114 valence electrons. The molecule has 0 saturated carbocycles. The van der Waals surface area contributed by atoms with Crippen molar-refractivity contribution < 1.29 is 14.7 Å². The zero-order valence-electron chi connectivity index (χ0n) is 12.5. The number of aliphatic carboxylic acids is 1. The summed E-state index contributed by atoms with van der Waals surface area (Å²) in [7, 11) is 0. The van der Waals surface area contributed by atoms with Gasteiger partial charge < -0.3 is 10.0 Å². The zero-order chi connectivity index (χ0) is 15.4. The third kappa shape index (κ3) is 3.77. The highest BCUT2D eigenvalue weighted by Gasteiger charge is 2.27. The SMILES string of the molecule is CCc1nnc(C)cc1C(=O)N1CCCC(CC(=O)O)C1. The van der Waals surface area contributed by atoms with E-state index in [4.69, 9.17) is 5.11 Å². The molecule has 1 saturated heterocycles. The molecule has 6 nitrogen and oxygen atoms in total. The van der Waals surface area contributed by atoms with Gasteiger partial charge in [-0.25, -0.2) is 0 Å². The molecular weight excluding hydrogens is 270 g/mol. The molecule has 6 heteroatoms. The van der Waals surface area contributed by atoms with Gasteiger partial charge in [-0.1, -0.05) is 6.92 Å². The summed E-state index contributed by atoms with van der Waals surface area (Å²) in [6.07, 6.45) is 2.49. The maximum absolute atomic E-state index is 12.7. The summed E-state index contributed by atoms with van der Waals surface area (Å²) in [5, 5.41) is 17.0. The number of hydrogen-bond donors (Lipinski definition) is 1. The van der Waals surface area contributed by atoms with E-state index in [1.165, 1.54) is 0 Å². The lowest BCUT2D eigenvalue weighted by Gasteiger charge is -2.32. The van der Waals surface area contributed by atoms with Crippen molar-refractivity contribution in [2.45, 2.75) is 39.5 Å². The van der Waals surface area contributed by atoms with Crippen LogP contribution in [-0.4, -0.2) is 45.2 Å². The smallest absolute Gasteiger partial charge is 0.303 e. The third-order valence-corrected chi connectivity index (χ3v) is 3.83. The molecule has 0 radical (unpaired) electrons. The molecule has 0 bridgehead atoms. The molecule has 0 aliphatic carbocycles. The number of carbonyl (C=O) groups excluding carboxylic acids is 1. The molecule has 1 unspecified atom stereocenters. The van der Waals surface area contributed by atoms with Gasteiger partial charge in [0.15, 0.2) is 0 Å². The lowest BCUT2D eigenvalue weighted by atomic mass is 9.94. The number of carboxylic acid groups (broad SMARTS) is 1. The Hall–Kier alpha value is -1.98. The van der Waals surface area contributed by atoms with Crippen molar-refractivity contribution in [3.63, 3.8) is 0 Å². The van der Waals surface area contributed by atoms with Crippen molar-refractivity contribution in [2.75, 3.05) is 13.1 Å². The van der Waals surface area contributed by atoms with Gasteiger partial charge in [0, 0.05) is 19.5 Å². The van der Waals surface area contributed by atoms with Gasteiger partial charge in [-0.15, -0.1) is 0 Å². The molecule has 1 N–H and O–H groups in total. The van der Waals surface area contributed by atoms with Gasteiger partial charge in [0.2, 0.25) is 0 Å². The quantitative estimate of drug-likeness (QED) is 0.912. The number of hydrogen-bond acceptors (Lipinski definition) is 4. The molecule has 21 heavy (non-hydrogen) atoms. The normalized spacial score (nSPS) is 18.6. The second-order valence-corrected chi connectivity index (χ2v) is 5.56. The Morgan fingerprint density at radius 2 is 2.19 bits per heavy atom. The van der Waals surface area contributed by atoms with E-state index in [-0.39, 0.29) is 18.2 Å². The van der Waals surface area contributed by atoms with E-state index in [1.807, 2.05) is 13.8 Å². The van der Waals surface area contributed by atoms with Crippen LogP contribution in [0.5, 0.6) is 0 Å². The van der Waals surface area contributed by atoms with Crippen LogP contribution in [0.4, 0.5) is 0 Å². The van der Waals surface area contributed by atoms with Crippen molar-refractivity contribution in [1.29, 1.82) is 0 Å². The van der Waals surface area contributed by atoms with Crippen molar-refractivity contribution in [3.05, 3.63) is 23.0 Å². The Morgan fingerprint density at radius 1 is 1.43 bits per heavy atom. The van der Waals surface area contributed by atoms with E-state index >= 15 is 0 Å². The fourth-order valence-corrected chi connectivity index (χ4v) is 2.79. The highest BCUT2D eigenvalue weighted by molar-refractivity contribution is 5.95. The molecule has 1 aromatic heterocycles. The average molecular weight is 291 g/mol. The molecule has 1 atom stereocenters. The predicted molar refractivity (Wildman–Crippen MR) is 77.0 cm³/mol. The van der Waals surface area contributed by atoms with Crippen molar-refractivity contribution >= 4 is 11.9 Å². The van der Waals surface area contributed by atoms with Crippen LogP contribution in [0.3, 0.4) is 0 Å². The first kappa shape index (κ1) is 15.4. The van der Waals surface area contributed by atoms with E-state index in [2.05, 4.69) is 10.2 Å². The largest absolute Gasteiger partial charge is 0.481 e. The molecule has 1 aliphatic rings. The summed E-state index contributed by atoms with van der Waals surface area (Å²) in [6, 6.07) is 1.77. The first-order valence-corrected chi connectivity index (χ1v) is 7.35. The average Bonchev–Trinajstić information content (AvgIpc) is 2.46. The van der Waals surface area contributed by atoms with Crippen LogP contribution in [0.15, 0.2) is 6.07 Å². The summed E-state index contributed by atoms with van der Waals surface area (Å²) in [5.41, 5.74) is 2.02. The second-order valence-electron chi connectivity index (χ2n) is 5.56. The topological polar surface area (TPSA) is 83.4 Å². The Bertz CT molecular complexity index is 545. The van der Waals surface area contributed by atoms with Crippen molar-refractivity contribution in [2.24, 2.45) is 5.92 Å². The van der Waals surface area contributed by atoms with E-state index in [9.17, 15) is 9.59 Å². The van der Waals surface area contributed by atoms with Crippen LogP contribution >= 0.6 is 0 Å². The van der Waals surface area contributed by atoms with Gasteiger partial charge in [-0.3, -0.25) is 9.59 Å². The van der Waals surface area contributed by atoms with Gasteiger partial charge in [-0.2, -0.15) is 10.2 Å². The highest BCUT2D eigenvalue weighted by Crippen LogP contribution is 2.22. The standard InChI is InChI=1S/C15H21N3O3/c1-3-13-12(7-10(2)16-17-13)15(21)18-6-4-5-11(9-18)8-14(19)20/h7,11H,3-6,8-9H2,1-2H3,(H,19,20). The van der Waals surface area contributed by atoms with Crippen LogP contribution in [0.1, 0.15) is 47.9 Å². The number of piperidine rings is 1. The van der Waals surface area contributed by atoms with Crippen LogP contribution in [-0.2, 0) is 11.2 Å². The number of amides is 1. The minimum absolute atomic E-state index is 0.0427. The maximum atomic E-state index is 12.7. The summed E-state index contributed by atoms with van der Waals surface area (Å²) in [5.74, 6) is -0.814. The summed E-state index contributed by atoms with van der Waals surface area (Å²) >= 11 is 0. The number of likely N-dealkylation sites (tertiary alicyclic amines) is 1. The Balaban J connectivity index is 2.15. The monoisotopic (exact) mass is 291 g/mol. The second kappa shape index (κ2) is 6.65. The van der Waals surface area contributed by atoms with Crippen molar-refractivity contribution in [1.82, 2.24) is 15.1 Å². The number of carbonyl (C=O) groups is 2. The molecule has 1 aliphatic heterocycles. The number of rotatable bonds is 4. The third-order valence-electron chi connectivity index (χ3n) is 3.83. The summed E-state index contributed by atoms with van der Waals surface area (Å²) in [4.78, 5) is 25.3. The molecule has 2 rings (SSSR count). The van der Waals surface area contributed by atoms with Gasteiger partial charge in [0.05, 0.1) is 17.0 Å². The Kier molecular flexibility index (Phi) is 4.88. The van der Waals surface area contributed by atoms with Gasteiger partial charge >= 0.3 is 5.97 Å². The van der Waals surface area contributed by atoms with Crippen LogP contribution in [0.25, 0.3) is 0 Å². The maximum Gasteiger partial charge on any atom is 0.303 e. The summed E-state index contributed by atoms with van der Waals surface area (Å²) in [6.45, 7) is 4.95. The van der Waals surface area contributed by atoms with Gasteiger partial charge in [-0.05, 0) is 38.2 Å². The Morgan fingerprint density at radius 3 is 2.86 bits per heavy atom. The van der Waals surface area contributed by atoms with E-state index in [1.54, 1.807) is 11.0 Å². The summed E-state index contributed by atoms with van der Waals surface area (Å²) < 4.78 is 0. The minimum atomic E-state index is -0.801.